The Balaban J connectivity index is 1.62. The Morgan fingerprint density at radius 1 is 1.29 bits per heavy atom. The minimum absolute atomic E-state index is 0.120. The lowest BCUT2D eigenvalue weighted by atomic mass is 9.97. The summed E-state index contributed by atoms with van der Waals surface area (Å²) in [5.41, 5.74) is 2.58. The molecule has 28 heavy (non-hydrogen) atoms. The van der Waals surface area contributed by atoms with Gasteiger partial charge < -0.3 is 10.1 Å². The molecule has 4 rings (SSSR count). The van der Waals surface area contributed by atoms with E-state index in [1.165, 1.54) is 28.8 Å². The Kier molecular flexibility index (Phi) is 5.67. The summed E-state index contributed by atoms with van der Waals surface area (Å²) in [4.78, 5) is 20.4. The third-order valence-corrected chi connectivity index (χ3v) is 6.54. The molecule has 0 unspecified atom stereocenters. The van der Waals surface area contributed by atoms with E-state index >= 15 is 0 Å². The van der Waals surface area contributed by atoms with Gasteiger partial charge in [-0.3, -0.25) is 9.36 Å². The van der Waals surface area contributed by atoms with Gasteiger partial charge in [0.05, 0.1) is 12.5 Å². The monoisotopic (exact) mass is 397 g/mol. The summed E-state index contributed by atoms with van der Waals surface area (Å²) in [5.74, 6) is 1.56. The van der Waals surface area contributed by atoms with E-state index in [0.717, 1.165) is 48.2 Å². The number of aryl methyl sites for hydroxylation is 2. The molecule has 0 fully saturated rings. The fourth-order valence-electron chi connectivity index (χ4n) is 3.95. The first-order chi connectivity index (χ1) is 13.7. The maximum absolute atomic E-state index is 13.3. The molecule has 2 heterocycles. The third kappa shape index (κ3) is 3.65. The van der Waals surface area contributed by atoms with E-state index in [-0.39, 0.29) is 5.56 Å². The van der Waals surface area contributed by atoms with Crippen molar-refractivity contribution in [3.8, 4) is 5.75 Å². The van der Waals surface area contributed by atoms with Crippen LogP contribution >= 0.6 is 11.3 Å². The highest BCUT2D eigenvalue weighted by Crippen LogP contribution is 2.34. The van der Waals surface area contributed by atoms with Crippen LogP contribution in [0, 0.1) is 0 Å². The van der Waals surface area contributed by atoms with Gasteiger partial charge in [0.15, 0.2) is 0 Å². The molecule has 0 amide bonds. The number of benzene rings is 1. The van der Waals surface area contributed by atoms with Gasteiger partial charge in [0, 0.05) is 18.0 Å². The van der Waals surface area contributed by atoms with Crippen molar-refractivity contribution >= 4 is 27.5 Å². The molecule has 1 aliphatic carbocycles. The largest absolute Gasteiger partial charge is 0.497 e. The number of hydrogen-bond acceptors (Lipinski definition) is 5. The van der Waals surface area contributed by atoms with Crippen molar-refractivity contribution in [2.75, 3.05) is 19.0 Å². The molecule has 0 bridgehead atoms. The van der Waals surface area contributed by atoms with Crippen molar-refractivity contribution in [2.24, 2.45) is 0 Å². The van der Waals surface area contributed by atoms with Crippen molar-refractivity contribution in [1.82, 2.24) is 9.55 Å². The molecule has 0 saturated heterocycles. The topological polar surface area (TPSA) is 56.1 Å². The minimum Gasteiger partial charge on any atom is -0.497 e. The molecule has 0 radical (unpaired) electrons. The van der Waals surface area contributed by atoms with Crippen LogP contribution in [-0.4, -0.2) is 23.2 Å². The number of anilines is 1. The lowest BCUT2D eigenvalue weighted by Gasteiger charge is -2.14. The van der Waals surface area contributed by atoms with Crippen molar-refractivity contribution in [1.29, 1.82) is 0 Å². The molecule has 148 valence electrons. The highest BCUT2D eigenvalue weighted by molar-refractivity contribution is 7.18. The van der Waals surface area contributed by atoms with Gasteiger partial charge in [-0.05, 0) is 61.8 Å². The molecule has 2 aromatic heterocycles. The van der Waals surface area contributed by atoms with Crippen molar-refractivity contribution in [3.05, 3.63) is 50.6 Å². The molecule has 0 aliphatic heterocycles. The van der Waals surface area contributed by atoms with Crippen molar-refractivity contribution in [3.63, 3.8) is 0 Å². The Hall–Kier alpha value is -2.34. The Bertz CT molecular complexity index is 1040. The zero-order valence-electron chi connectivity index (χ0n) is 16.6. The fraction of sp³-hybridized carbons (Fsp3) is 0.455. The number of fused-ring (bicyclic) bond motifs is 3. The van der Waals surface area contributed by atoms with E-state index in [9.17, 15) is 4.79 Å². The summed E-state index contributed by atoms with van der Waals surface area (Å²) < 4.78 is 7.13. The SMILES string of the molecule is CCCn1c(NCCc2cccc(OC)c2)nc2sc3c(c2c1=O)CCCC3. The summed E-state index contributed by atoms with van der Waals surface area (Å²) in [6, 6.07) is 8.09. The van der Waals surface area contributed by atoms with Crippen LogP contribution in [0.15, 0.2) is 29.1 Å². The molecule has 6 heteroatoms. The summed E-state index contributed by atoms with van der Waals surface area (Å²) in [5, 5.41) is 4.28. The molecule has 5 nitrogen and oxygen atoms in total. The van der Waals surface area contributed by atoms with Crippen LogP contribution in [-0.2, 0) is 25.8 Å². The van der Waals surface area contributed by atoms with E-state index < -0.39 is 0 Å². The number of ether oxygens (including phenoxy) is 1. The maximum Gasteiger partial charge on any atom is 0.263 e. The molecule has 0 atom stereocenters. The van der Waals surface area contributed by atoms with Crippen molar-refractivity contribution in [2.45, 2.75) is 52.0 Å². The Morgan fingerprint density at radius 3 is 2.96 bits per heavy atom. The first-order valence-electron chi connectivity index (χ1n) is 10.1. The van der Waals surface area contributed by atoms with Gasteiger partial charge in [-0.2, -0.15) is 0 Å². The van der Waals surface area contributed by atoms with Crippen LogP contribution in [0.5, 0.6) is 5.75 Å². The number of nitrogens with zero attached hydrogens (tertiary/aromatic N) is 2. The molecule has 3 aromatic rings. The van der Waals surface area contributed by atoms with Gasteiger partial charge >= 0.3 is 0 Å². The van der Waals surface area contributed by atoms with Gasteiger partial charge in [-0.25, -0.2) is 4.98 Å². The summed E-state index contributed by atoms with van der Waals surface area (Å²) in [7, 11) is 1.68. The van der Waals surface area contributed by atoms with E-state index in [1.807, 2.05) is 22.8 Å². The second-order valence-corrected chi connectivity index (χ2v) is 8.40. The van der Waals surface area contributed by atoms with Crippen LogP contribution in [0.25, 0.3) is 10.2 Å². The zero-order valence-corrected chi connectivity index (χ0v) is 17.4. The molecular weight excluding hydrogens is 370 g/mol. The smallest absolute Gasteiger partial charge is 0.263 e. The van der Waals surface area contributed by atoms with E-state index in [2.05, 4.69) is 18.3 Å². The van der Waals surface area contributed by atoms with E-state index in [0.29, 0.717) is 12.5 Å². The van der Waals surface area contributed by atoms with Crippen LogP contribution in [0.1, 0.15) is 42.2 Å². The second kappa shape index (κ2) is 8.35. The molecule has 1 aliphatic rings. The average molecular weight is 398 g/mol. The number of thiophene rings is 1. The minimum atomic E-state index is 0.120. The zero-order chi connectivity index (χ0) is 19.5. The third-order valence-electron chi connectivity index (χ3n) is 5.35. The molecule has 0 saturated carbocycles. The van der Waals surface area contributed by atoms with Gasteiger partial charge in [0.25, 0.3) is 5.56 Å². The molecule has 1 N–H and O–H groups in total. The van der Waals surface area contributed by atoms with Gasteiger partial charge in [0.1, 0.15) is 10.6 Å². The van der Waals surface area contributed by atoms with Crippen LogP contribution in [0.3, 0.4) is 0 Å². The fourth-order valence-corrected chi connectivity index (χ4v) is 5.20. The highest BCUT2D eigenvalue weighted by atomic mass is 32.1. The number of nitrogens with one attached hydrogen (secondary N) is 1. The molecular formula is C22H27N3O2S. The normalized spacial score (nSPS) is 13.5. The quantitative estimate of drug-likeness (QED) is 0.642. The number of aromatic nitrogens is 2. The Morgan fingerprint density at radius 2 is 2.14 bits per heavy atom. The lowest BCUT2D eigenvalue weighted by Crippen LogP contribution is -2.26. The van der Waals surface area contributed by atoms with Crippen molar-refractivity contribution < 1.29 is 4.74 Å². The second-order valence-electron chi connectivity index (χ2n) is 7.31. The molecule has 0 spiro atoms. The van der Waals surface area contributed by atoms with E-state index in [1.54, 1.807) is 18.4 Å². The predicted octanol–water partition coefficient (Wildman–Crippen LogP) is 4.41. The van der Waals surface area contributed by atoms with Crippen LogP contribution < -0.4 is 15.6 Å². The van der Waals surface area contributed by atoms with Gasteiger partial charge in [0.2, 0.25) is 5.95 Å². The summed E-state index contributed by atoms with van der Waals surface area (Å²) in [6.07, 6.45) is 6.24. The van der Waals surface area contributed by atoms with Crippen LogP contribution in [0.2, 0.25) is 0 Å². The number of methoxy groups -OCH3 is 1. The summed E-state index contributed by atoms with van der Waals surface area (Å²) >= 11 is 1.71. The number of rotatable bonds is 7. The standard InChI is InChI=1S/C22H27N3O2S/c1-3-13-25-21(26)19-17-9-4-5-10-18(17)28-20(19)24-22(25)23-12-11-15-7-6-8-16(14-15)27-2/h6-8,14H,3-5,9-13H2,1-2H3,(H,23,24). The Labute approximate surface area is 169 Å². The molecule has 1 aromatic carbocycles. The average Bonchev–Trinajstić information content (AvgIpc) is 3.09. The van der Waals surface area contributed by atoms with Gasteiger partial charge in [-0.1, -0.05) is 19.1 Å². The summed E-state index contributed by atoms with van der Waals surface area (Å²) in [6.45, 7) is 3.51. The number of hydrogen-bond donors (Lipinski definition) is 1. The maximum atomic E-state index is 13.3. The van der Waals surface area contributed by atoms with Gasteiger partial charge in [-0.15, -0.1) is 11.3 Å². The highest BCUT2D eigenvalue weighted by Gasteiger charge is 2.21. The first-order valence-corrected chi connectivity index (χ1v) is 10.9. The van der Waals surface area contributed by atoms with Crippen LogP contribution in [0.4, 0.5) is 5.95 Å². The van der Waals surface area contributed by atoms with E-state index in [4.69, 9.17) is 9.72 Å². The lowest BCUT2D eigenvalue weighted by molar-refractivity contribution is 0.414. The predicted molar refractivity (Wildman–Crippen MR) is 116 cm³/mol. The first kappa shape index (κ1) is 19.0.